The summed E-state index contributed by atoms with van der Waals surface area (Å²) in [6.07, 6.45) is 1.98. The number of carbonyl (C=O) groups excluding carboxylic acids is 1. The molecule has 100 valence electrons. The van der Waals surface area contributed by atoms with E-state index in [0.29, 0.717) is 6.54 Å². The van der Waals surface area contributed by atoms with Crippen LogP contribution >= 0.6 is 22.6 Å². The summed E-state index contributed by atoms with van der Waals surface area (Å²) in [5, 5.41) is 1.17. The Bertz CT molecular complexity index is 771. The van der Waals surface area contributed by atoms with Crippen LogP contribution < -0.4 is 0 Å². The highest BCUT2D eigenvalue weighted by molar-refractivity contribution is 14.1. The van der Waals surface area contributed by atoms with Crippen molar-refractivity contribution in [2.75, 3.05) is 0 Å². The van der Waals surface area contributed by atoms with E-state index in [1.165, 1.54) is 10.9 Å². The van der Waals surface area contributed by atoms with Crippen LogP contribution in [0, 0.1) is 10.5 Å². The molecule has 0 amide bonds. The van der Waals surface area contributed by atoms with E-state index in [-0.39, 0.29) is 5.78 Å². The molecular formula is C17H14INO. The number of rotatable bonds is 3. The first-order valence-electron chi connectivity index (χ1n) is 6.48. The molecule has 2 nitrogen and oxygen atoms in total. The Morgan fingerprint density at radius 3 is 2.60 bits per heavy atom. The first-order chi connectivity index (χ1) is 9.63. The van der Waals surface area contributed by atoms with Gasteiger partial charge in [-0.2, -0.15) is 0 Å². The Morgan fingerprint density at radius 2 is 1.85 bits per heavy atom. The minimum absolute atomic E-state index is 0.139. The van der Waals surface area contributed by atoms with Crippen molar-refractivity contribution in [1.82, 2.24) is 4.57 Å². The number of hydrogen-bond acceptors (Lipinski definition) is 1. The summed E-state index contributed by atoms with van der Waals surface area (Å²) in [6, 6.07) is 16.1. The number of ketones is 1. The Hall–Kier alpha value is -1.62. The van der Waals surface area contributed by atoms with Gasteiger partial charge in [0.15, 0.2) is 5.78 Å². The molecule has 1 aromatic heterocycles. The molecule has 3 aromatic rings. The summed E-state index contributed by atoms with van der Waals surface area (Å²) in [6.45, 7) is 2.45. The molecule has 0 aliphatic heterocycles. The summed E-state index contributed by atoms with van der Waals surface area (Å²) in [4.78, 5) is 12.3. The predicted octanol–water partition coefficient (Wildman–Crippen LogP) is 4.44. The number of halogens is 1. The first kappa shape index (κ1) is 13.4. The Morgan fingerprint density at radius 1 is 1.10 bits per heavy atom. The third-order valence-electron chi connectivity index (χ3n) is 3.41. The standard InChI is InChI=1S/C17H14INO/c1-12-2-3-13-8-9-19(16(13)10-12)11-17(20)14-4-6-15(18)7-5-14/h2-10H,11H2,1H3. The maximum Gasteiger partial charge on any atom is 0.182 e. The third-order valence-corrected chi connectivity index (χ3v) is 4.13. The SMILES string of the molecule is Cc1ccc2ccn(CC(=O)c3ccc(I)cc3)c2c1. The Kier molecular flexibility index (Phi) is 3.61. The van der Waals surface area contributed by atoms with E-state index < -0.39 is 0 Å². The molecule has 0 saturated heterocycles. The van der Waals surface area contributed by atoms with E-state index in [1.54, 1.807) is 0 Å². The summed E-state index contributed by atoms with van der Waals surface area (Å²) in [5.74, 6) is 0.139. The van der Waals surface area contributed by atoms with Crippen LogP contribution in [0.2, 0.25) is 0 Å². The topological polar surface area (TPSA) is 22.0 Å². The van der Waals surface area contributed by atoms with Crippen LogP contribution in [0.3, 0.4) is 0 Å². The molecule has 3 rings (SSSR count). The molecule has 0 spiro atoms. The van der Waals surface area contributed by atoms with E-state index >= 15 is 0 Å². The Balaban J connectivity index is 1.91. The lowest BCUT2D eigenvalue weighted by atomic mass is 10.1. The molecule has 0 aliphatic rings. The van der Waals surface area contributed by atoms with Gasteiger partial charge in [0.2, 0.25) is 0 Å². The quantitative estimate of drug-likeness (QED) is 0.490. The van der Waals surface area contributed by atoms with Gasteiger partial charge < -0.3 is 4.57 Å². The average Bonchev–Trinajstić information content (AvgIpc) is 2.82. The van der Waals surface area contributed by atoms with Gasteiger partial charge in [-0.05, 0) is 64.7 Å². The minimum atomic E-state index is 0.139. The molecule has 0 fully saturated rings. The van der Waals surface area contributed by atoms with Gasteiger partial charge in [0.25, 0.3) is 0 Å². The lowest BCUT2D eigenvalue weighted by Gasteiger charge is -2.06. The zero-order chi connectivity index (χ0) is 14.1. The van der Waals surface area contributed by atoms with Crippen LogP contribution in [-0.2, 0) is 6.54 Å². The van der Waals surface area contributed by atoms with Gasteiger partial charge in [0.1, 0.15) is 0 Å². The first-order valence-corrected chi connectivity index (χ1v) is 7.55. The van der Waals surface area contributed by atoms with Crippen molar-refractivity contribution in [3.63, 3.8) is 0 Å². The lowest BCUT2D eigenvalue weighted by Crippen LogP contribution is -2.09. The van der Waals surface area contributed by atoms with Gasteiger partial charge in [-0.15, -0.1) is 0 Å². The van der Waals surface area contributed by atoms with Gasteiger partial charge in [-0.3, -0.25) is 4.79 Å². The molecule has 0 N–H and O–H groups in total. The fourth-order valence-corrected chi connectivity index (χ4v) is 2.67. The van der Waals surface area contributed by atoms with Gasteiger partial charge in [0, 0.05) is 20.8 Å². The molecule has 1 heterocycles. The van der Waals surface area contributed by atoms with Crippen LogP contribution in [0.1, 0.15) is 15.9 Å². The van der Waals surface area contributed by atoms with Crippen molar-refractivity contribution in [2.24, 2.45) is 0 Å². The van der Waals surface area contributed by atoms with Crippen molar-refractivity contribution in [3.8, 4) is 0 Å². The molecule has 0 saturated carbocycles. The molecule has 20 heavy (non-hydrogen) atoms. The van der Waals surface area contributed by atoms with Gasteiger partial charge in [0.05, 0.1) is 6.54 Å². The van der Waals surface area contributed by atoms with Gasteiger partial charge in [-0.1, -0.05) is 24.3 Å². The normalized spacial score (nSPS) is 10.9. The van der Waals surface area contributed by atoms with Crippen molar-refractivity contribution in [3.05, 3.63) is 69.4 Å². The molecular weight excluding hydrogens is 361 g/mol. The highest BCUT2D eigenvalue weighted by atomic mass is 127. The third kappa shape index (κ3) is 2.63. The fraction of sp³-hybridized carbons (Fsp3) is 0.118. The maximum atomic E-state index is 12.3. The van der Waals surface area contributed by atoms with Crippen molar-refractivity contribution < 1.29 is 4.79 Å². The molecule has 3 heteroatoms. The van der Waals surface area contributed by atoms with Crippen LogP contribution in [0.5, 0.6) is 0 Å². The van der Waals surface area contributed by atoms with Crippen molar-refractivity contribution in [2.45, 2.75) is 13.5 Å². The highest BCUT2D eigenvalue weighted by Crippen LogP contribution is 2.18. The van der Waals surface area contributed by atoms with E-state index in [1.807, 2.05) is 35.0 Å². The molecule has 0 radical (unpaired) electrons. The monoisotopic (exact) mass is 375 g/mol. The maximum absolute atomic E-state index is 12.3. The van der Waals surface area contributed by atoms with Crippen molar-refractivity contribution in [1.29, 1.82) is 0 Å². The number of fused-ring (bicyclic) bond motifs is 1. The second kappa shape index (κ2) is 5.40. The van der Waals surface area contributed by atoms with Crippen LogP contribution in [0.4, 0.5) is 0 Å². The smallest absolute Gasteiger partial charge is 0.182 e. The summed E-state index contributed by atoms with van der Waals surface area (Å²) in [5.41, 5.74) is 3.09. The van der Waals surface area contributed by atoms with Crippen LogP contribution in [0.15, 0.2) is 54.7 Å². The van der Waals surface area contributed by atoms with E-state index in [0.717, 1.165) is 14.7 Å². The number of aryl methyl sites for hydroxylation is 1. The van der Waals surface area contributed by atoms with Gasteiger partial charge in [-0.25, -0.2) is 0 Å². The van der Waals surface area contributed by atoms with Crippen LogP contribution in [-0.4, -0.2) is 10.4 Å². The fourth-order valence-electron chi connectivity index (χ4n) is 2.31. The number of benzene rings is 2. The predicted molar refractivity (Wildman–Crippen MR) is 90.2 cm³/mol. The largest absolute Gasteiger partial charge is 0.340 e. The molecule has 2 aromatic carbocycles. The molecule has 0 aliphatic carbocycles. The van der Waals surface area contributed by atoms with Crippen LogP contribution in [0.25, 0.3) is 10.9 Å². The highest BCUT2D eigenvalue weighted by Gasteiger charge is 2.08. The number of nitrogens with zero attached hydrogens (tertiary/aromatic N) is 1. The minimum Gasteiger partial charge on any atom is -0.340 e. The van der Waals surface area contributed by atoms with E-state index in [4.69, 9.17) is 0 Å². The van der Waals surface area contributed by atoms with E-state index in [9.17, 15) is 4.79 Å². The van der Waals surface area contributed by atoms with Gasteiger partial charge >= 0.3 is 0 Å². The zero-order valence-electron chi connectivity index (χ0n) is 11.1. The second-order valence-corrected chi connectivity index (χ2v) is 6.18. The zero-order valence-corrected chi connectivity index (χ0v) is 13.3. The van der Waals surface area contributed by atoms with Crippen molar-refractivity contribution >= 4 is 39.3 Å². The molecule has 0 bridgehead atoms. The molecule has 0 unspecified atom stereocenters. The van der Waals surface area contributed by atoms with E-state index in [2.05, 4.69) is 53.8 Å². The number of hydrogen-bond donors (Lipinski definition) is 0. The lowest BCUT2D eigenvalue weighted by molar-refractivity contribution is 0.0973. The summed E-state index contributed by atoms with van der Waals surface area (Å²) >= 11 is 2.24. The number of Topliss-reactive ketones (excluding diaryl/α,β-unsaturated/α-hetero) is 1. The summed E-state index contributed by atoms with van der Waals surface area (Å²) < 4.78 is 3.16. The second-order valence-electron chi connectivity index (χ2n) is 4.94. The number of aromatic nitrogens is 1. The average molecular weight is 375 g/mol. The Labute approximate surface area is 131 Å². The summed E-state index contributed by atoms with van der Waals surface area (Å²) in [7, 11) is 0. The molecule has 0 atom stereocenters. The number of carbonyl (C=O) groups is 1.